The number of aliphatic hydroxyl groups is 1. The molecule has 26 heavy (non-hydrogen) atoms. The molecule has 2 atom stereocenters. The van der Waals surface area contributed by atoms with Gasteiger partial charge in [-0.25, -0.2) is 9.97 Å². The molecule has 0 aliphatic heterocycles. The Balaban J connectivity index is 1.64. The molecular formula is C18H24N4O3S. The number of aromatic nitrogens is 2. The van der Waals surface area contributed by atoms with E-state index in [4.69, 9.17) is 16.2 Å². The number of primary amides is 1. The smallest absolute Gasteiger partial charge is 0.246 e. The van der Waals surface area contributed by atoms with Crippen LogP contribution in [0.15, 0.2) is 6.33 Å². The predicted octanol–water partition coefficient (Wildman–Crippen LogP) is 1.61. The zero-order valence-electron chi connectivity index (χ0n) is 14.6. The Hall–Kier alpha value is -1.77. The molecule has 0 saturated heterocycles. The summed E-state index contributed by atoms with van der Waals surface area (Å²) < 4.78 is 6.25. The zero-order valence-corrected chi connectivity index (χ0v) is 15.4. The van der Waals surface area contributed by atoms with Crippen molar-refractivity contribution in [2.75, 3.05) is 0 Å². The second-order valence-electron chi connectivity index (χ2n) is 7.34. The average molecular weight is 376 g/mol. The summed E-state index contributed by atoms with van der Waals surface area (Å²) in [6.07, 6.45) is 6.49. The van der Waals surface area contributed by atoms with Gasteiger partial charge < -0.3 is 21.3 Å². The highest BCUT2D eigenvalue weighted by atomic mass is 32.1. The van der Waals surface area contributed by atoms with Gasteiger partial charge in [0.2, 0.25) is 11.8 Å². The number of hydrogen-bond acceptors (Lipinski definition) is 7. The van der Waals surface area contributed by atoms with Gasteiger partial charge in [0.25, 0.3) is 0 Å². The van der Waals surface area contributed by atoms with Crippen LogP contribution >= 0.6 is 11.3 Å². The van der Waals surface area contributed by atoms with Crippen LogP contribution in [0.4, 0.5) is 0 Å². The summed E-state index contributed by atoms with van der Waals surface area (Å²) in [6, 6.07) is 0.269. The van der Waals surface area contributed by atoms with Gasteiger partial charge in [0.1, 0.15) is 23.4 Å². The first-order chi connectivity index (χ1) is 12.5. The summed E-state index contributed by atoms with van der Waals surface area (Å²) in [6.45, 7) is 0. The number of amides is 1. The highest BCUT2D eigenvalue weighted by Gasteiger charge is 2.33. The van der Waals surface area contributed by atoms with Gasteiger partial charge in [-0.15, -0.1) is 11.3 Å². The zero-order chi connectivity index (χ0) is 18.3. The molecule has 1 amide bonds. The summed E-state index contributed by atoms with van der Waals surface area (Å²) in [7, 11) is 0. The summed E-state index contributed by atoms with van der Waals surface area (Å²) in [5.74, 6) is 0.0204. The Kier molecular flexibility index (Phi) is 4.81. The molecule has 7 nitrogen and oxygen atoms in total. The molecule has 2 heterocycles. The molecule has 8 heteroatoms. The largest absolute Gasteiger partial charge is 0.474 e. The van der Waals surface area contributed by atoms with E-state index in [9.17, 15) is 9.90 Å². The van der Waals surface area contributed by atoms with Crippen molar-refractivity contribution in [3.63, 3.8) is 0 Å². The number of carbonyl (C=O) groups excluding carboxylic acids is 1. The fourth-order valence-electron chi connectivity index (χ4n) is 4.12. The molecule has 140 valence electrons. The third kappa shape index (κ3) is 3.28. The minimum absolute atomic E-state index is 0.0781. The number of fused-ring (bicyclic) bond motifs is 3. The van der Waals surface area contributed by atoms with Gasteiger partial charge in [0.05, 0.1) is 5.39 Å². The number of nitrogens with two attached hydrogens (primary N) is 2. The fourth-order valence-corrected chi connectivity index (χ4v) is 5.35. The second-order valence-corrected chi connectivity index (χ2v) is 8.43. The standard InChI is InChI=1S/C18H24N4O3S/c19-10-2-4-11(5-3-10)25-17-15-14-9(7-12(23)16(20)24)1-6-13(14)26-18(15)22-8-21-17/h8-12,23H,1-7,19H2,(H2,20,24). The van der Waals surface area contributed by atoms with Crippen LogP contribution in [0, 0.1) is 0 Å². The lowest BCUT2D eigenvalue weighted by atomic mass is 9.93. The van der Waals surface area contributed by atoms with Crippen molar-refractivity contribution in [1.29, 1.82) is 0 Å². The van der Waals surface area contributed by atoms with Gasteiger partial charge in [-0.3, -0.25) is 4.79 Å². The number of aliphatic hydroxyl groups excluding tert-OH is 1. The van der Waals surface area contributed by atoms with Crippen molar-refractivity contribution in [2.24, 2.45) is 11.5 Å². The van der Waals surface area contributed by atoms with E-state index in [2.05, 4.69) is 9.97 Å². The fraction of sp³-hybridized carbons (Fsp3) is 0.611. The van der Waals surface area contributed by atoms with Crippen molar-refractivity contribution >= 4 is 27.5 Å². The highest BCUT2D eigenvalue weighted by Crippen LogP contribution is 2.47. The first-order valence-electron chi connectivity index (χ1n) is 9.18. The van der Waals surface area contributed by atoms with Crippen molar-refractivity contribution in [3.05, 3.63) is 16.8 Å². The summed E-state index contributed by atoms with van der Waals surface area (Å²) in [5, 5.41) is 10.9. The van der Waals surface area contributed by atoms with E-state index in [1.54, 1.807) is 17.7 Å². The number of thiophene rings is 1. The van der Waals surface area contributed by atoms with Crippen molar-refractivity contribution in [2.45, 2.75) is 69.1 Å². The van der Waals surface area contributed by atoms with Gasteiger partial charge in [-0.2, -0.15) is 0 Å². The third-order valence-corrected chi connectivity index (χ3v) is 6.70. The lowest BCUT2D eigenvalue weighted by molar-refractivity contribution is -0.126. The molecule has 5 N–H and O–H groups in total. The van der Waals surface area contributed by atoms with E-state index >= 15 is 0 Å². The van der Waals surface area contributed by atoms with Crippen LogP contribution < -0.4 is 16.2 Å². The third-order valence-electron chi connectivity index (χ3n) is 5.53. The van der Waals surface area contributed by atoms with Crippen LogP contribution in [-0.4, -0.2) is 39.2 Å². The Labute approximate surface area is 155 Å². The highest BCUT2D eigenvalue weighted by molar-refractivity contribution is 7.19. The molecule has 0 spiro atoms. The van der Waals surface area contributed by atoms with E-state index in [0.717, 1.165) is 54.3 Å². The van der Waals surface area contributed by atoms with Crippen molar-refractivity contribution in [3.8, 4) is 5.88 Å². The molecule has 0 bridgehead atoms. The molecule has 2 aliphatic carbocycles. The van der Waals surface area contributed by atoms with E-state index < -0.39 is 12.0 Å². The maximum absolute atomic E-state index is 11.3. The van der Waals surface area contributed by atoms with Crippen LogP contribution in [0.2, 0.25) is 0 Å². The van der Waals surface area contributed by atoms with Crippen LogP contribution in [0.25, 0.3) is 10.2 Å². The second kappa shape index (κ2) is 7.09. The van der Waals surface area contributed by atoms with Gasteiger partial charge in [-0.05, 0) is 56.4 Å². The molecular weight excluding hydrogens is 352 g/mol. The first-order valence-corrected chi connectivity index (χ1v) is 10.0. The number of rotatable bonds is 5. The lowest BCUT2D eigenvalue weighted by Gasteiger charge is -2.26. The Morgan fingerprint density at radius 2 is 2.08 bits per heavy atom. The van der Waals surface area contributed by atoms with Crippen LogP contribution in [0.5, 0.6) is 5.88 Å². The van der Waals surface area contributed by atoms with Crippen molar-refractivity contribution in [1.82, 2.24) is 9.97 Å². The minimum Gasteiger partial charge on any atom is -0.474 e. The van der Waals surface area contributed by atoms with Gasteiger partial charge in [0.15, 0.2) is 0 Å². The molecule has 4 rings (SSSR count). The normalized spacial score (nSPS) is 26.6. The molecule has 1 fully saturated rings. The number of carbonyl (C=O) groups is 1. The monoisotopic (exact) mass is 376 g/mol. The minimum atomic E-state index is -1.13. The molecule has 0 aromatic carbocycles. The Morgan fingerprint density at radius 1 is 1.31 bits per heavy atom. The van der Waals surface area contributed by atoms with E-state index in [0.29, 0.717) is 12.3 Å². The lowest BCUT2D eigenvalue weighted by Crippen LogP contribution is -2.32. The van der Waals surface area contributed by atoms with E-state index in [1.807, 2.05) is 0 Å². The molecule has 2 aromatic rings. The van der Waals surface area contributed by atoms with E-state index in [-0.39, 0.29) is 18.1 Å². The average Bonchev–Trinajstić information content (AvgIpc) is 3.17. The number of ether oxygens (including phenoxy) is 1. The first kappa shape index (κ1) is 17.6. The summed E-state index contributed by atoms with van der Waals surface area (Å²) in [4.78, 5) is 22.2. The number of nitrogens with zero attached hydrogens (tertiary/aromatic N) is 2. The van der Waals surface area contributed by atoms with Gasteiger partial charge in [0, 0.05) is 10.9 Å². The molecule has 2 aromatic heterocycles. The number of hydrogen-bond donors (Lipinski definition) is 3. The maximum Gasteiger partial charge on any atom is 0.246 e. The number of aryl methyl sites for hydroxylation is 1. The molecule has 2 aliphatic rings. The van der Waals surface area contributed by atoms with Crippen molar-refractivity contribution < 1.29 is 14.6 Å². The molecule has 1 saturated carbocycles. The topological polar surface area (TPSA) is 124 Å². The SMILES string of the molecule is NC(=O)C(O)CC1CCc2sc3ncnc(OC4CCC(N)CC4)c3c21. The van der Waals surface area contributed by atoms with Crippen LogP contribution in [-0.2, 0) is 11.2 Å². The summed E-state index contributed by atoms with van der Waals surface area (Å²) in [5.41, 5.74) is 12.4. The van der Waals surface area contributed by atoms with E-state index in [1.165, 1.54) is 4.88 Å². The Morgan fingerprint density at radius 3 is 2.81 bits per heavy atom. The van der Waals surface area contributed by atoms with Gasteiger partial charge in [-0.1, -0.05) is 0 Å². The molecule has 2 unspecified atom stereocenters. The molecule has 0 radical (unpaired) electrons. The van der Waals surface area contributed by atoms with Crippen LogP contribution in [0.3, 0.4) is 0 Å². The van der Waals surface area contributed by atoms with Gasteiger partial charge >= 0.3 is 0 Å². The predicted molar refractivity (Wildman–Crippen MR) is 99.2 cm³/mol. The quantitative estimate of drug-likeness (QED) is 0.728. The summed E-state index contributed by atoms with van der Waals surface area (Å²) >= 11 is 1.65. The van der Waals surface area contributed by atoms with Crippen LogP contribution in [0.1, 0.15) is 54.9 Å². The maximum atomic E-state index is 11.3. The Bertz CT molecular complexity index is 816.